The van der Waals surface area contributed by atoms with Crippen LogP contribution in [0.2, 0.25) is 0 Å². The first-order valence-corrected chi connectivity index (χ1v) is 11.1. The van der Waals surface area contributed by atoms with Crippen LogP contribution in [0.25, 0.3) is 0 Å². The zero-order valence-electron chi connectivity index (χ0n) is 19.0. The van der Waals surface area contributed by atoms with Crippen LogP contribution in [-0.2, 0) is 24.9 Å². The van der Waals surface area contributed by atoms with Crippen molar-refractivity contribution in [2.45, 2.75) is 70.9 Å². The Morgan fingerprint density at radius 1 is 0.818 bits per heavy atom. The molecule has 0 spiro atoms. The summed E-state index contributed by atoms with van der Waals surface area (Å²) in [7, 11) is 0. The molecule has 0 heterocycles. The molecule has 33 heavy (non-hydrogen) atoms. The predicted octanol–water partition coefficient (Wildman–Crippen LogP) is 8.15. The molecule has 2 aromatic carbocycles. The first kappa shape index (κ1) is 26.5. The van der Waals surface area contributed by atoms with Crippen LogP contribution in [0, 0.1) is 30.6 Å². The first-order chi connectivity index (χ1) is 15.5. The Hall–Kier alpha value is -2.79. The van der Waals surface area contributed by atoms with Crippen LogP contribution in [0.1, 0.15) is 79.3 Å². The average molecular weight is 461 g/mol. The Balaban J connectivity index is 2.01. The lowest BCUT2D eigenvalue weighted by atomic mass is 9.88. The maximum absolute atomic E-state index is 14.0. The zero-order chi connectivity index (χ0) is 24.6. The van der Waals surface area contributed by atoms with Crippen molar-refractivity contribution in [3.8, 4) is 24.7 Å². The van der Waals surface area contributed by atoms with Crippen LogP contribution in [0.5, 0.6) is 0 Å². The maximum Gasteiger partial charge on any atom is 0.417 e. The zero-order valence-corrected chi connectivity index (χ0v) is 19.0. The Labute approximate surface area is 193 Å². The molecule has 176 valence electrons. The largest absolute Gasteiger partial charge is 0.417 e. The minimum atomic E-state index is -4.48. The Morgan fingerprint density at radius 3 is 1.94 bits per heavy atom. The van der Waals surface area contributed by atoms with Gasteiger partial charge in [0.2, 0.25) is 0 Å². The van der Waals surface area contributed by atoms with E-state index in [9.17, 15) is 22.0 Å². The lowest BCUT2D eigenvalue weighted by Gasteiger charge is -2.19. The highest BCUT2D eigenvalue weighted by Crippen LogP contribution is 2.33. The van der Waals surface area contributed by atoms with Crippen molar-refractivity contribution in [1.82, 2.24) is 0 Å². The van der Waals surface area contributed by atoms with E-state index in [-0.39, 0.29) is 16.7 Å². The third kappa shape index (κ3) is 7.64. The molecule has 0 radical (unpaired) electrons. The average Bonchev–Trinajstić information content (AvgIpc) is 2.75. The number of hydrogen-bond donors (Lipinski definition) is 0. The van der Waals surface area contributed by atoms with Crippen LogP contribution in [-0.4, -0.2) is 0 Å². The molecule has 0 aliphatic rings. The predicted molar refractivity (Wildman–Crippen MR) is 123 cm³/mol. The second-order valence-corrected chi connectivity index (χ2v) is 8.54. The summed E-state index contributed by atoms with van der Waals surface area (Å²) in [5, 5.41) is 0. The Bertz CT molecular complexity index is 1010. The molecule has 0 saturated heterocycles. The van der Waals surface area contributed by atoms with Gasteiger partial charge in [0.05, 0.1) is 5.56 Å². The van der Waals surface area contributed by atoms with Gasteiger partial charge in [0.25, 0.3) is 5.92 Å². The van der Waals surface area contributed by atoms with Crippen molar-refractivity contribution in [1.29, 1.82) is 0 Å². The fraction of sp³-hybridized carbons (Fsp3) is 0.429. The molecule has 0 fully saturated rings. The minimum Gasteiger partial charge on any atom is -0.202 e. The fourth-order valence-electron chi connectivity index (χ4n) is 4.17. The molecule has 0 N–H and O–H groups in total. The molecule has 5 heteroatoms. The lowest BCUT2D eigenvalue weighted by Crippen LogP contribution is -2.12. The van der Waals surface area contributed by atoms with E-state index in [1.807, 2.05) is 0 Å². The van der Waals surface area contributed by atoms with Crippen molar-refractivity contribution in [3.63, 3.8) is 0 Å². The normalized spacial score (nSPS) is 12.8. The van der Waals surface area contributed by atoms with E-state index in [4.69, 9.17) is 12.8 Å². The number of terminal acetylenes is 2. The maximum atomic E-state index is 14.0. The van der Waals surface area contributed by atoms with E-state index < -0.39 is 17.7 Å². The second kappa shape index (κ2) is 11.4. The Kier molecular flexibility index (Phi) is 9.12. The third-order valence-electron chi connectivity index (χ3n) is 5.81. The summed E-state index contributed by atoms with van der Waals surface area (Å²) in [5.74, 6) is 1.71. The van der Waals surface area contributed by atoms with Gasteiger partial charge in [-0.2, -0.15) is 13.2 Å². The molecular formula is C28H29F5. The number of hydrogen-bond acceptors (Lipinski definition) is 0. The van der Waals surface area contributed by atoms with E-state index in [1.54, 1.807) is 18.2 Å². The monoisotopic (exact) mass is 460 g/mol. The van der Waals surface area contributed by atoms with Crippen molar-refractivity contribution in [3.05, 3.63) is 69.8 Å². The summed E-state index contributed by atoms with van der Waals surface area (Å²) in [4.78, 5) is 0. The fourth-order valence-corrected chi connectivity index (χ4v) is 4.17. The van der Waals surface area contributed by atoms with Gasteiger partial charge in [0, 0.05) is 23.6 Å². The third-order valence-corrected chi connectivity index (χ3v) is 5.81. The minimum absolute atomic E-state index is 0.131. The summed E-state index contributed by atoms with van der Waals surface area (Å²) < 4.78 is 67.5. The van der Waals surface area contributed by atoms with Gasteiger partial charge >= 0.3 is 6.18 Å². The molecule has 1 atom stereocenters. The van der Waals surface area contributed by atoms with Crippen LogP contribution < -0.4 is 0 Å². The van der Waals surface area contributed by atoms with Crippen molar-refractivity contribution in [2.24, 2.45) is 5.92 Å². The van der Waals surface area contributed by atoms with E-state index in [0.29, 0.717) is 24.3 Å². The highest BCUT2D eigenvalue weighted by Gasteiger charge is 2.33. The molecule has 0 aliphatic carbocycles. The second-order valence-electron chi connectivity index (χ2n) is 8.54. The summed E-state index contributed by atoms with van der Waals surface area (Å²) in [6.45, 7) is 2.92. The highest BCUT2D eigenvalue weighted by molar-refractivity contribution is 5.45. The number of rotatable bonds is 10. The van der Waals surface area contributed by atoms with Crippen molar-refractivity contribution >= 4 is 0 Å². The summed E-state index contributed by atoms with van der Waals surface area (Å²) in [5.41, 5.74) is 0.574. The van der Waals surface area contributed by atoms with Gasteiger partial charge in [-0.1, -0.05) is 56.6 Å². The summed E-state index contributed by atoms with van der Waals surface area (Å²) in [6.07, 6.45) is 11.6. The van der Waals surface area contributed by atoms with E-state index >= 15 is 0 Å². The molecule has 0 nitrogen and oxygen atoms in total. The van der Waals surface area contributed by atoms with E-state index in [0.717, 1.165) is 50.7 Å². The summed E-state index contributed by atoms with van der Waals surface area (Å²) >= 11 is 0. The first-order valence-electron chi connectivity index (χ1n) is 11.1. The van der Waals surface area contributed by atoms with Crippen molar-refractivity contribution < 1.29 is 22.0 Å². The number of aryl methyl sites for hydroxylation is 1. The molecule has 0 aliphatic heterocycles. The van der Waals surface area contributed by atoms with Crippen LogP contribution in [0.15, 0.2) is 36.4 Å². The number of benzene rings is 2. The topological polar surface area (TPSA) is 0 Å². The van der Waals surface area contributed by atoms with Gasteiger partial charge in [0.1, 0.15) is 0 Å². The molecule has 0 saturated carbocycles. The summed E-state index contributed by atoms with van der Waals surface area (Å²) in [6, 6.07) is 9.01. The standard InChI is InChI=1S/C28H29F5/c1-5-10-20(17-22-14-16-23(6-2)25(19-22)27(4,29)30)11-8-9-12-21-13-15-24(7-3)26(18-21)28(31,32)33/h2-3,13-16,18-20H,5,8-12,17H2,1,4H3. The number of alkyl halides is 5. The molecule has 0 bridgehead atoms. The SMILES string of the molecule is C#Cc1ccc(CC(CCC)CCCCc2ccc(C#C)c(C(F)(F)F)c2)cc1C(C)(F)F. The van der Waals surface area contributed by atoms with Crippen LogP contribution >= 0.6 is 0 Å². The molecule has 1 unspecified atom stereocenters. The smallest absolute Gasteiger partial charge is 0.202 e. The van der Waals surface area contributed by atoms with E-state index in [1.165, 1.54) is 12.1 Å². The van der Waals surface area contributed by atoms with Crippen LogP contribution in [0.3, 0.4) is 0 Å². The quantitative estimate of drug-likeness (QED) is 0.191. The Morgan fingerprint density at radius 2 is 1.39 bits per heavy atom. The molecule has 2 rings (SSSR count). The molecular weight excluding hydrogens is 431 g/mol. The molecule has 0 aromatic heterocycles. The van der Waals surface area contributed by atoms with Gasteiger partial charge in [-0.05, 0) is 60.6 Å². The van der Waals surface area contributed by atoms with Gasteiger partial charge < -0.3 is 0 Å². The van der Waals surface area contributed by atoms with Gasteiger partial charge in [-0.15, -0.1) is 12.8 Å². The van der Waals surface area contributed by atoms with E-state index in [2.05, 4.69) is 18.8 Å². The molecule has 2 aromatic rings. The number of halogens is 5. The van der Waals surface area contributed by atoms with Crippen molar-refractivity contribution in [2.75, 3.05) is 0 Å². The van der Waals surface area contributed by atoms with Gasteiger partial charge in [0.15, 0.2) is 0 Å². The molecule has 0 amide bonds. The number of unbranched alkanes of at least 4 members (excludes halogenated alkanes) is 1. The lowest BCUT2D eigenvalue weighted by molar-refractivity contribution is -0.137. The highest BCUT2D eigenvalue weighted by atomic mass is 19.4. The van der Waals surface area contributed by atoms with Gasteiger partial charge in [-0.3, -0.25) is 0 Å². The van der Waals surface area contributed by atoms with Gasteiger partial charge in [-0.25, -0.2) is 8.78 Å². The van der Waals surface area contributed by atoms with Crippen LogP contribution in [0.4, 0.5) is 22.0 Å².